The van der Waals surface area contributed by atoms with Crippen molar-refractivity contribution < 1.29 is 14.7 Å². The van der Waals surface area contributed by atoms with Gasteiger partial charge in [0.2, 0.25) is 0 Å². The van der Waals surface area contributed by atoms with Crippen molar-refractivity contribution in [2.75, 3.05) is 3.93 Å². The van der Waals surface area contributed by atoms with Crippen molar-refractivity contribution in [1.82, 2.24) is 0 Å². The number of anilines is 1. The number of halogens is 2. The molecule has 94 valence electrons. The van der Waals surface area contributed by atoms with E-state index in [2.05, 4.69) is 32.1 Å². The molecule has 18 heavy (non-hydrogen) atoms. The van der Waals surface area contributed by atoms with Gasteiger partial charge in [-0.2, -0.15) is 0 Å². The highest BCUT2D eigenvalue weighted by Gasteiger charge is 2.23. The molecule has 0 saturated carbocycles. The lowest BCUT2D eigenvalue weighted by atomic mass is 10.2. The minimum Gasteiger partial charge on any atom is -0.478 e. The summed E-state index contributed by atoms with van der Waals surface area (Å²) in [5, 5.41) is 12.3. The summed E-state index contributed by atoms with van der Waals surface area (Å²) in [7, 11) is 0. The van der Waals surface area contributed by atoms with E-state index in [4.69, 9.17) is 5.11 Å². The van der Waals surface area contributed by atoms with Gasteiger partial charge in [0.25, 0.3) is 5.91 Å². The molecule has 0 bridgehead atoms. The molecule has 1 amide bonds. The van der Waals surface area contributed by atoms with Gasteiger partial charge in [0.05, 0.1) is 31.2 Å². The number of carboxylic acid groups (broad SMARTS) is 1. The Balaban J connectivity index is 2.31. The third kappa shape index (κ3) is 2.66. The van der Waals surface area contributed by atoms with Gasteiger partial charge in [0.15, 0.2) is 0 Å². The van der Waals surface area contributed by atoms with Crippen molar-refractivity contribution in [3.63, 3.8) is 0 Å². The van der Waals surface area contributed by atoms with Crippen LogP contribution in [-0.2, 0) is 0 Å². The Labute approximate surface area is 127 Å². The quantitative estimate of drug-likeness (QED) is 0.770. The maximum absolute atomic E-state index is 12.2. The number of thiophene rings is 2. The molecule has 2 aromatic rings. The molecule has 0 aliphatic heterocycles. The molecular formula is C10H5Br2NO3S2. The Kier molecular flexibility index (Phi) is 4.21. The molecule has 0 aromatic carbocycles. The van der Waals surface area contributed by atoms with Crippen LogP contribution in [0.25, 0.3) is 0 Å². The first-order valence-corrected chi connectivity index (χ1v) is 7.82. The summed E-state index contributed by atoms with van der Waals surface area (Å²) in [6.45, 7) is 0. The van der Waals surface area contributed by atoms with Gasteiger partial charge in [-0.15, -0.1) is 22.7 Å². The molecule has 1 N–H and O–H groups in total. The normalized spacial score (nSPS) is 10.3. The third-order valence-corrected chi connectivity index (χ3v) is 5.17. The molecule has 0 aliphatic rings. The number of hydrogen-bond acceptors (Lipinski definition) is 4. The Morgan fingerprint density at radius 3 is 2.61 bits per heavy atom. The number of carbonyl (C=O) groups is 2. The first-order valence-electron chi connectivity index (χ1n) is 4.55. The van der Waals surface area contributed by atoms with Gasteiger partial charge >= 0.3 is 5.97 Å². The lowest BCUT2D eigenvalue weighted by molar-refractivity contribution is 0.0693. The number of aromatic carboxylic acids is 1. The molecule has 0 saturated heterocycles. The van der Waals surface area contributed by atoms with Crippen LogP contribution in [-0.4, -0.2) is 17.0 Å². The number of nitrogens with zero attached hydrogens (tertiary/aromatic N) is 1. The van der Waals surface area contributed by atoms with Gasteiger partial charge < -0.3 is 5.11 Å². The maximum atomic E-state index is 12.2. The smallest absolute Gasteiger partial charge is 0.337 e. The first kappa shape index (κ1) is 13.7. The zero-order valence-corrected chi connectivity index (χ0v) is 13.4. The molecule has 0 spiro atoms. The van der Waals surface area contributed by atoms with Crippen LogP contribution < -0.4 is 3.93 Å². The lowest BCUT2D eigenvalue weighted by Crippen LogP contribution is -2.20. The van der Waals surface area contributed by atoms with Crippen molar-refractivity contribution in [2.45, 2.75) is 0 Å². The molecule has 2 aromatic heterocycles. The van der Waals surface area contributed by atoms with Crippen LogP contribution in [0.2, 0.25) is 0 Å². The zero-order chi connectivity index (χ0) is 13.3. The summed E-state index contributed by atoms with van der Waals surface area (Å²) in [6, 6.07) is 3.19. The minimum absolute atomic E-state index is 0.0174. The molecule has 0 atom stereocenters. The summed E-state index contributed by atoms with van der Waals surface area (Å²) in [6.07, 6.45) is 0. The average molecular weight is 411 g/mol. The van der Waals surface area contributed by atoms with Crippen LogP contribution in [0.5, 0.6) is 0 Å². The minimum atomic E-state index is -1.10. The molecule has 0 fully saturated rings. The Bertz CT molecular complexity index is 608. The predicted octanol–water partition coefficient (Wildman–Crippen LogP) is 4.23. The molecule has 0 aliphatic carbocycles. The highest BCUT2D eigenvalue weighted by molar-refractivity contribution is 9.11. The van der Waals surface area contributed by atoms with Crippen LogP contribution in [0.3, 0.4) is 0 Å². The van der Waals surface area contributed by atoms with E-state index in [1.54, 1.807) is 16.8 Å². The van der Waals surface area contributed by atoms with E-state index in [1.807, 2.05) is 0 Å². The van der Waals surface area contributed by atoms with E-state index >= 15 is 0 Å². The summed E-state index contributed by atoms with van der Waals surface area (Å²) >= 11 is 9.00. The number of amides is 1. The van der Waals surface area contributed by atoms with Gasteiger partial charge in [-0.05, 0) is 33.4 Å². The van der Waals surface area contributed by atoms with E-state index in [1.165, 1.54) is 21.3 Å². The second-order valence-electron chi connectivity index (χ2n) is 3.16. The molecule has 2 heterocycles. The summed E-state index contributed by atoms with van der Waals surface area (Å²) in [5.41, 5.74) is 0.672. The number of carbonyl (C=O) groups excluding carboxylic acids is 1. The Hall–Kier alpha value is -0.700. The van der Waals surface area contributed by atoms with E-state index in [0.29, 0.717) is 5.69 Å². The van der Waals surface area contributed by atoms with Crippen molar-refractivity contribution in [2.24, 2.45) is 0 Å². The van der Waals surface area contributed by atoms with Crippen LogP contribution in [0, 0.1) is 0 Å². The van der Waals surface area contributed by atoms with E-state index in [0.717, 1.165) is 15.1 Å². The van der Waals surface area contributed by atoms with Crippen molar-refractivity contribution >= 4 is 72.3 Å². The fraction of sp³-hybridized carbons (Fsp3) is 0. The standard InChI is InChI=1S/C10H5Br2NO3S2/c11-7-3-5(4-18-7)13(12)9(14)8-6(10(15)16)1-2-17-8/h1-4H,(H,15,16). The van der Waals surface area contributed by atoms with Crippen molar-refractivity contribution in [1.29, 1.82) is 0 Å². The van der Waals surface area contributed by atoms with Crippen molar-refractivity contribution in [3.8, 4) is 0 Å². The Morgan fingerprint density at radius 2 is 2.06 bits per heavy atom. The molecule has 0 radical (unpaired) electrons. The SMILES string of the molecule is O=C(O)c1ccsc1C(=O)N(Br)c1csc(Br)c1. The number of carboxylic acids is 1. The fourth-order valence-electron chi connectivity index (χ4n) is 1.25. The first-order chi connectivity index (χ1) is 8.50. The second kappa shape index (κ2) is 5.52. The highest BCUT2D eigenvalue weighted by Crippen LogP contribution is 2.31. The largest absolute Gasteiger partial charge is 0.478 e. The van der Waals surface area contributed by atoms with Gasteiger partial charge in [0, 0.05) is 5.38 Å². The molecule has 4 nitrogen and oxygen atoms in total. The van der Waals surface area contributed by atoms with Gasteiger partial charge in [-0.1, -0.05) is 0 Å². The number of hydrogen-bond donors (Lipinski definition) is 1. The van der Waals surface area contributed by atoms with E-state index < -0.39 is 11.9 Å². The maximum Gasteiger partial charge on any atom is 0.337 e. The van der Waals surface area contributed by atoms with Crippen LogP contribution in [0.4, 0.5) is 5.69 Å². The van der Waals surface area contributed by atoms with Crippen LogP contribution >= 0.6 is 54.8 Å². The van der Waals surface area contributed by atoms with Crippen LogP contribution in [0.15, 0.2) is 26.7 Å². The third-order valence-electron chi connectivity index (χ3n) is 2.05. The van der Waals surface area contributed by atoms with E-state index in [9.17, 15) is 9.59 Å². The second-order valence-corrected chi connectivity index (χ2v) is 7.08. The summed E-state index contributed by atoms with van der Waals surface area (Å²) < 4.78 is 2.14. The summed E-state index contributed by atoms with van der Waals surface area (Å²) in [4.78, 5) is 23.3. The average Bonchev–Trinajstić information content (AvgIpc) is 2.95. The molecular weight excluding hydrogens is 406 g/mol. The zero-order valence-electron chi connectivity index (χ0n) is 8.59. The lowest BCUT2D eigenvalue weighted by Gasteiger charge is -2.11. The molecule has 2 rings (SSSR count). The van der Waals surface area contributed by atoms with Crippen LogP contribution in [0.1, 0.15) is 20.0 Å². The highest BCUT2D eigenvalue weighted by atomic mass is 79.9. The van der Waals surface area contributed by atoms with Crippen molar-refractivity contribution in [3.05, 3.63) is 37.1 Å². The number of rotatable bonds is 3. The Morgan fingerprint density at radius 1 is 1.33 bits per heavy atom. The van der Waals surface area contributed by atoms with Gasteiger partial charge in [-0.25, -0.2) is 8.72 Å². The monoisotopic (exact) mass is 409 g/mol. The fourth-order valence-corrected chi connectivity index (χ4v) is 3.81. The molecule has 8 heteroatoms. The molecule has 0 unspecified atom stereocenters. The predicted molar refractivity (Wildman–Crippen MR) is 79.0 cm³/mol. The van der Waals surface area contributed by atoms with Gasteiger partial charge in [-0.3, -0.25) is 4.79 Å². The summed E-state index contributed by atoms with van der Waals surface area (Å²) in [5.74, 6) is -1.50. The van der Waals surface area contributed by atoms with Gasteiger partial charge in [0.1, 0.15) is 4.88 Å². The van der Waals surface area contributed by atoms with E-state index in [-0.39, 0.29) is 10.4 Å². The topological polar surface area (TPSA) is 57.6 Å².